The highest BCUT2D eigenvalue weighted by molar-refractivity contribution is 9.10. The Balaban J connectivity index is 1.86. The van der Waals surface area contributed by atoms with E-state index >= 15 is 0 Å². The van der Waals surface area contributed by atoms with Gasteiger partial charge in [-0.25, -0.2) is 8.42 Å². The monoisotopic (exact) mass is 408 g/mol. The smallest absolute Gasteiger partial charge is 0.271 e. The Morgan fingerprint density at radius 3 is 2.68 bits per heavy atom. The fourth-order valence-corrected chi connectivity index (χ4v) is 4.64. The van der Waals surface area contributed by atoms with Crippen LogP contribution in [0.5, 0.6) is 0 Å². The van der Waals surface area contributed by atoms with E-state index in [0.717, 1.165) is 0 Å². The van der Waals surface area contributed by atoms with Crippen molar-refractivity contribution in [2.45, 2.75) is 12.8 Å². The summed E-state index contributed by atoms with van der Waals surface area (Å²) in [5.74, 6) is -1.03. The van der Waals surface area contributed by atoms with Gasteiger partial charge in [0.15, 0.2) is 9.84 Å². The predicted octanol–water partition coefficient (Wildman–Crippen LogP) is 1.69. The van der Waals surface area contributed by atoms with Crippen LogP contribution in [0.2, 0.25) is 5.02 Å². The predicted molar refractivity (Wildman–Crippen MR) is 86.1 cm³/mol. The molecule has 1 heterocycles. The minimum Gasteiger partial charge on any atom is -0.273 e. The van der Waals surface area contributed by atoms with E-state index in [4.69, 9.17) is 11.6 Å². The summed E-state index contributed by atoms with van der Waals surface area (Å²) in [6.07, 6.45) is 0.535. The summed E-state index contributed by atoms with van der Waals surface area (Å²) >= 11 is 9.14. The highest BCUT2D eigenvalue weighted by Crippen LogP contribution is 2.22. The van der Waals surface area contributed by atoms with E-state index in [0.29, 0.717) is 10.9 Å². The van der Waals surface area contributed by atoms with Crippen LogP contribution in [0.25, 0.3) is 0 Å². The van der Waals surface area contributed by atoms with E-state index in [1.54, 1.807) is 12.1 Å². The van der Waals surface area contributed by atoms with Gasteiger partial charge in [0.25, 0.3) is 5.91 Å². The molecule has 1 aromatic carbocycles. The summed E-state index contributed by atoms with van der Waals surface area (Å²) in [5.41, 5.74) is 4.76. The topological polar surface area (TPSA) is 92.3 Å². The second kappa shape index (κ2) is 6.97. The molecule has 1 saturated heterocycles. The molecule has 2 rings (SSSR count). The summed E-state index contributed by atoms with van der Waals surface area (Å²) < 4.78 is 23.3. The molecular formula is C13H14BrClN2O4S. The van der Waals surface area contributed by atoms with E-state index < -0.39 is 21.7 Å². The Labute approximate surface area is 141 Å². The van der Waals surface area contributed by atoms with Crippen molar-refractivity contribution in [1.82, 2.24) is 10.9 Å². The molecule has 1 atom stereocenters. The van der Waals surface area contributed by atoms with Gasteiger partial charge < -0.3 is 0 Å². The van der Waals surface area contributed by atoms with Crippen molar-refractivity contribution in [2.75, 3.05) is 11.5 Å². The van der Waals surface area contributed by atoms with E-state index in [-0.39, 0.29) is 34.4 Å². The summed E-state index contributed by atoms with van der Waals surface area (Å²) in [6, 6.07) is 4.79. The number of halogens is 2. The number of hydrazine groups is 1. The molecule has 2 N–H and O–H groups in total. The Morgan fingerprint density at radius 1 is 1.32 bits per heavy atom. The molecule has 1 aliphatic rings. The van der Waals surface area contributed by atoms with Crippen LogP contribution in [0, 0.1) is 5.92 Å². The summed E-state index contributed by atoms with van der Waals surface area (Å²) in [4.78, 5) is 23.7. The molecule has 120 valence electrons. The van der Waals surface area contributed by atoms with Gasteiger partial charge in [-0.3, -0.25) is 20.4 Å². The van der Waals surface area contributed by atoms with Gasteiger partial charge in [0.2, 0.25) is 5.91 Å². The highest BCUT2D eigenvalue weighted by Gasteiger charge is 2.29. The third-order valence-corrected chi connectivity index (χ3v) is 5.95. The maximum absolute atomic E-state index is 11.9. The van der Waals surface area contributed by atoms with Crippen LogP contribution in [0.15, 0.2) is 22.7 Å². The van der Waals surface area contributed by atoms with Crippen LogP contribution in [-0.4, -0.2) is 31.7 Å². The molecule has 0 aromatic heterocycles. The summed E-state index contributed by atoms with van der Waals surface area (Å²) in [5, 5.41) is 0.261. The fraction of sp³-hybridized carbons (Fsp3) is 0.385. The van der Waals surface area contributed by atoms with Crippen molar-refractivity contribution >= 4 is 49.2 Å². The van der Waals surface area contributed by atoms with Gasteiger partial charge in [-0.1, -0.05) is 27.5 Å². The van der Waals surface area contributed by atoms with Gasteiger partial charge in [-0.15, -0.1) is 0 Å². The normalized spacial score (nSPS) is 19.6. The molecule has 1 unspecified atom stereocenters. The van der Waals surface area contributed by atoms with Crippen LogP contribution in [0.4, 0.5) is 0 Å². The average molecular weight is 410 g/mol. The van der Waals surface area contributed by atoms with E-state index in [2.05, 4.69) is 26.8 Å². The number of amides is 2. The Kier molecular flexibility index (Phi) is 5.46. The van der Waals surface area contributed by atoms with Crippen molar-refractivity contribution in [3.05, 3.63) is 33.3 Å². The zero-order valence-corrected chi connectivity index (χ0v) is 14.6. The number of sulfone groups is 1. The lowest BCUT2D eigenvalue weighted by Crippen LogP contribution is -2.42. The molecule has 0 spiro atoms. The second-order valence-corrected chi connectivity index (χ2v) is 8.65. The Morgan fingerprint density at radius 2 is 2.05 bits per heavy atom. The van der Waals surface area contributed by atoms with Crippen LogP contribution in [-0.2, 0) is 14.6 Å². The third kappa shape index (κ3) is 4.69. The zero-order chi connectivity index (χ0) is 16.3. The molecule has 6 nitrogen and oxygen atoms in total. The van der Waals surface area contributed by atoms with Crippen molar-refractivity contribution < 1.29 is 18.0 Å². The lowest BCUT2D eigenvalue weighted by atomic mass is 10.1. The molecule has 1 fully saturated rings. The van der Waals surface area contributed by atoms with Crippen LogP contribution < -0.4 is 10.9 Å². The van der Waals surface area contributed by atoms with Gasteiger partial charge in [0.05, 0.1) is 22.1 Å². The van der Waals surface area contributed by atoms with Gasteiger partial charge in [-0.2, -0.15) is 0 Å². The number of nitrogens with one attached hydrogen (secondary N) is 2. The van der Waals surface area contributed by atoms with Gasteiger partial charge in [-0.05, 0) is 30.5 Å². The quantitative estimate of drug-likeness (QED) is 0.743. The third-order valence-electron chi connectivity index (χ3n) is 3.29. The molecule has 2 amide bonds. The Bertz CT molecular complexity index is 708. The molecule has 9 heteroatoms. The number of carbonyl (C=O) groups is 2. The number of benzene rings is 1. The first-order chi connectivity index (χ1) is 10.3. The van der Waals surface area contributed by atoms with Crippen molar-refractivity contribution in [3.63, 3.8) is 0 Å². The number of hydrogen-bond donors (Lipinski definition) is 2. The van der Waals surface area contributed by atoms with Crippen LogP contribution >= 0.6 is 27.5 Å². The molecule has 0 radical (unpaired) electrons. The summed E-state index contributed by atoms with van der Waals surface area (Å²) in [6.45, 7) is 0. The standard InChI is InChI=1S/C13H14BrClN2O4S/c14-9-1-2-11(15)10(6-9)13(19)17-16-12(18)5-8-3-4-22(20,21)7-8/h1-2,6,8H,3-5,7H2,(H,16,18)(H,17,19). The van der Waals surface area contributed by atoms with Gasteiger partial charge in [0.1, 0.15) is 0 Å². The van der Waals surface area contributed by atoms with E-state index in [1.165, 1.54) is 6.07 Å². The molecule has 1 aliphatic heterocycles. The maximum atomic E-state index is 11.9. The van der Waals surface area contributed by atoms with Crippen molar-refractivity contribution in [1.29, 1.82) is 0 Å². The lowest BCUT2D eigenvalue weighted by Gasteiger charge is -2.11. The lowest BCUT2D eigenvalue weighted by molar-refractivity contribution is -0.122. The first-order valence-corrected chi connectivity index (χ1v) is 9.51. The largest absolute Gasteiger partial charge is 0.273 e. The van der Waals surface area contributed by atoms with Gasteiger partial charge in [0, 0.05) is 10.9 Å². The Hall–Kier alpha value is -1.12. The highest BCUT2D eigenvalue weighted by atomic mass is 79.9. The zero-order valence-electron chi connectivity index (χ0n) is 11.4. The van der Waals surface area contributed by atoms with Crippen LogP contribution in [0.3, 0.4) is 0 Å². The molecular weight excluding hydrogens is 396 g/mol. The van der Waals surface area contributed by atoms with Crippen molar-refractivity contribution in [2.24, 2.45) is 5.92 Å². The second-order valence-electron chi connectivity index (χ2n) is 5.10. The number of carbonyl (C=O) groups excluding carboxylic acids is 2. The molecule has 1 aromatic rings. The van der Waals surface area contributed by atoms with E-state index in [1.807, 2.05) is 0 Å². The fourth-order valence-electron chi connectivity index (χ4n) is 2.21. The summed E-state index contributed by atoms with van der Waals surface area (Å²) in [7, 11) is -3.02. The molecule has 22 heavy (non-hydrogen) atoms. The first kappa shape index (κ1) is 17.2. The maximum Gasteiger partial charge on any atom is 0.271 e. The molecule has 0 bridgehead atoms. The number of hydrogen-bond acceptors (Lipinski definition) is 4. The van der Waals surface area contributed by atoms with E-state index in [9.17, 15) is 18.0 Å². The van der Waals surface area contributed by atoms with Crippen molar-refractivity contribution in [3.8, 4) is 0 Å². The average Bonchev–Trinajstić information content (AvgIpc) is 2.78. The molecule has 0 saturated carbocycles. The minimum atomic E-state index is -3.02. The minimum absolute atomic E-state index is 0.0197. The number of rotatable bonds is 3. The van der Waals surface area contributed by atoms with Gasteiger partial charge >= 0.3 is 0 Å². The SMILES string of the molecule is O=C(CC1CCS(=O)(=O)C1)NNC(=O)c1cc(Br)ccc1Cl. The van der Waals surface area contributed by atoms with Crippen LogP contribution in [0.1, 0.15) is 23.2 Å². The molecule has 0 aliphatic carbocycles. The first-order valence-electron chi connectivity index (χ1n) is 6.51.